The smallest absolute Gasteiger partial charge is 0.276 e. The topological polar surface area (TPSA) is 83.3 Å². The first-order valence-electron chi connectivity index (χ1n) is 8.51. The van der Waals surface area contributed by atoms with Gasteiger partial charge in [-0.25, -0.2) is 4.98 Å². The number of halogens is 2. The van der Waals surface area contributed by atoms with Gasteiger partial charge in [0.15, 0.2) is 11.4 Å². The maximum absolute atomic E-state index is 12.7. The van der Waals surface area contributed by atoms with E-state index in [0.717, 1.165) is 37.3 Å². The fourth-order valence-electron chi connectivity index (χ4n) is 3.26. The Morgan fingerprint density at radius 2 is 1.85 bits per heavy atom. The first-order valence-corrected chi connectivity index (χ1v) is 9.26. The van der Waals surface area contributed by atoms with Gasteiger partial charge in [-0.3, -0.25) is 9.48 Å². The lowest BCUT2D eigenvalue weighted by atomic mass is 10.2. The lowest BCUT2D eigenvalue weighted by Gasteiger charge is -2.16. The molecule has 0 atom stereocenters. The summed E-state index contributed by atoms with van der Waals surface area (Å²) in [6.07, 6.45) is 4.01. The number of hydrogen-bond donors (Lipinski definition) is 2. The van der Waals surface area contributed by atoms with Crippen LogP contribution in [-0.4, -0.2) is 38.9 Å². The highest BCUT2D eigenvalue weighted by Gasteiger charge is 2.20. The molecule has 2 aromatic heterocycles. The normalized spacial score (nSPS) is 14.1. The van der Waals surface area contributed by atoms with Gasteiger partial charge in [-0.15, -0.1) is 0 Å². The zero-order valence-corrected chi connectivity index (χ0v) is 16.0. The highest BCUT2D eigenvalue weighted by atomic mass is 35.5. The third-order valence-electron chi connectivity index (χ3n) is 4.64. The Bertz CT molecular complexity index is 1020. The number of rotatable bonds is 3. The third kappa shape index (κ3) is 3.28. The summed E-state index contributed by atoms with van der Waals surface area (Å²) in [5, 5.41) is 17.5. The van der Waals surface area contributed by atoms with E-state index in [2.05, 4.69) is 20.3 Å². The number of carbonyl (C=O) groups is 1. The van der Waals surface area contributed by atoms with Gasteiger partial charge in [0, 0.05) is 38.1 Å². The molecular formula is C18H17Cl2N5O2. The van der Waals surface area contributed by atoms with Crippen molar-refractivity contribution in [3.8, 4) is 5.75 Å². The number of aromatic hydroxyl groups is 1. The highest BCUT2D eigenvalue weighted by Crippen LogP contribution is 2.35. The minimum absolute atomic E-state index is 0.0561. The number of benzene rings is 1. The molecule has 0 unspecified atom stereocenters. The number of nitrogens with zero attached hydrogens (tertiary/aromatic N) is 4. The van der Waals surface area contributed by atoms with Gasteiger partial charge in [-0.1, -0.05) is 23.2 Å². The molecule has 140 valence electrons. The number of aryl methyl sites for hydroxylation is 1. The van der Waals surface area contributed by atoms with Crippen LogP contribution in [0.15, 0.2) is 24.4 Å². The zero-order chi connectivity index (χ0) is 19.1. The van der Waals surface area contributed by atoms with Crippen molar-refractivity contribution in [3.63, 3.8) is 0 Å². The summed E-state index contributed by atoms with van der Waals surface area (Å²) in [5.41, 5.74) is 1.46. The van der Waals surface area contributed by atoms with Crippen molar-refractivity contribution in [3.05, 3.63) is 40.1 Å². The molecular weight excluding hydrogens is 389 g/mol. The summed E-state index contributed by atoms with van der Waals surface area (Å²) in [6, 6.07) is 4.81. The average Bonchev–Trinajstić information content (AvgIpc) is 3.28. The highest BCUT2D eigenvalue weighted by molar-refractivity contribution is 6.37. The molecule has 9 heteroatoms. The minimum Gasteiger partial charge on any atom is -0.505 e. The number of hydrogen-bond acceptors (Lipinski definition) is 5. The molecule has 0 bridgehead atoms. The molecule has 2 N–H and O–H groups in total. The van der Waals surface area contributed by atoms with Crippen molar-refractivity contribution in [2.75, 3.05) is 23.3 Å². The molecule has 0 saturated carbocycles. The molecule has 0 spiro atoms. The zero-order valence-electron chi connectivity index (χ0n) is 14.5. The molecule has 1 fully saturated rings. The fourth-order valence-corrected chi connectivity index (χ4v) is 3.74. The molecule has 1 aromatic carbocycles. The van der Waals surface area contributed by atoms with Crippen molar-refractivity contribution in [2.45, 2.75) is 12.8 Å². The van der Waals surface area contributed by atoms with E-state index in [4.69, 9.17) is 23.2 Å². The molecule has 7 nitrogen and oxygen atoms in total. The quantitative estimate of drug-likeness (QED) is 0.646. The molecule has 27 heavy (non-hydrogen) atoms. The van der Waals surface area contributed by atoms with Crippen LogP contribution in [0.3, 0.4) is 0 Å². The van der Waals surface area contributed by atoms with Gasteiger partial charge in [-0.2, -0.15) is 5.10 Å². The first-order chi connectivity index (χ1) is 12.9. The van der Waals surface area contributed by atoms with Gasteiger partial charge in [0.25, 0.3) is 5.91 Å². The molecule has 1 aliphatic rings. The number of anilines is 2. The number of pyridine rings is 1. The molecule has 3 heterocycles. The lowest BCUT2D eigenvalue weighted by Crippen LogP contribution is -2.18. The second-order valence-electron chi connectivity index (χ2n) is 6.47. The summed E-state index contributed by atoms with van der Waals surface area (Å²) in [6.45, 7) is 1.98. The van der Waals surface area contributed by atoms with Crippen LogP contribution >= 0.6 is 23.2 Å². The molecule has 1 amide bonds. The van der Waals surface area contributed by atoms with Crippen LogP contribution in [0.5, 0.6) is 5.75 Å². The molecule has 1 saturated heterocycles. The van der Waals surface area contributed by atoms with Crippen molar-refractivity contribution in [1.82, 2.24) is 14.8 Å². The average molecular weight is 406 g/mol. The number of amides is 1. The minimum atomic E-state index is -0.408. The maximum Gasteiger partial charge on any atom is 0.276 e. The van der Waals surface area contributed by atoms with E-state index in [9.17, 15) is 9.90 Å². The first kappa shape index (κ1) is 17.9. The van der Waals surface area contributed by atoms with E-state index in [1.54, 1.807) is 17.9 Å². The Morgan fingerprint density at radius 1 is 1.19 bits per heavy atom. The lowest BCUT2D eigenvalue weighted by molar-refractivity contribution is 0.102. The van der Waals surface area contributed by atoms with Crippen LogP contribution in [0, 0.1) is 0 Å². The maximum atomic E-state index is 12.7. The molecule has 3 aromatic rings. The number of nitrogens with one attached hydrogen (secondary N) is 1. The number of aromatic nitrogens is 3. The van der Waals surface area contributed by atoms with Crippen LogP contribution in [0.25, 0.3) is 10.9 Å². The van der Waals surface area contributed by atoms with Gasteiger partial charge in [0.1, 0.15) is 5.82 Å². The number of phenolic OH excluding ortho intramolecular Hbond substituents is 1. The Balaban J connectivity index is 1.66. The Labute approximate surface area is 165 Å². The number of carbonyl (C=O) groups excluding carboxylic acids is 1. The standard InChI is InChI=1S/C18H17Cl2N5O2/c1-24-14-8-15(25-4-2-3-5-25)21-9-11(14)16(23-24)18(27)22-10-6-12(19)17(26)13(20)7-10/h6-9,26H,2-5H2,1H3,(H,22,27). The second kappa shape index (κ2) is 6.90. The van der Waals surface area contributed by atoms with E-state index in [0.29, 0.717) is 11.1 Å². The Morgan fingerprint density at radius 3 is 2.52 bits per heavy atom. The van der Waals surface area contributed by atoms with E-state index in [1.165, 1.54) is 12.1 Å². The molecule has 0 aliphatic carbocycles. The van der Waals surface area contributed by atoms with Gasteiger partial charge in [0.05, 0.1) is 20.9 Å². The third-order valence-corrected chi connectivity index (χ3v) is 5.22. The van der Waals surface area contributed by atoms with E-state index >= 15 is 0 Å². The van der Waals surface area contributed by atoms with Gasteiger partial charge >= 0.3 is 0 Å². The van der Waals surface area contributed by atoms with Gasteiger partial charge in [0.2, 0.25) is 0 Å². The van der Waals surface area contributed by atoms with Crippen molar-refractivity contribution in [1.29, 1.82) is 0 Å². The molecule has 4 rings (SSSR count). The number of fused-ring (bicyclic) bond motifs is 1. The van der Waals surface area contributed by atoms with Gasteiger partial charge in [-0.05, 0) is 25.0 Å². The summed E-state index contributed by atoms with van der Waals surface area (Å²) in [7, 11) is 1.79. The van der Waals surface area contributed by atoms with Crippen molar-refractivity contribution < 1.29 is 9.90 Å². The summed E-state index contributed by atoms with van der Waals surface area (Å²) in [4.78, 5) is 19.5. The van der Waals surface area contributed by atoms with Crippen molar-refractivity contribution >= 4 is 51.5 Å². The van der Waals surface area contributed by atoms with Gasteiger partial charge < -0.3 is 15.3 Å². The summed E-state index contributed by atoms with van der Waals surface area (Å²) >= 11 is 11.8. The monoisotopic (exact) mass is 405 g/mol. The van der Waals surface area contributed by atoms with Crippen LogP contribution in [0.2, 0.25) is 10.0 Å². The Kier molecular flexibility index (Phi) is 4.57. The number of phenols is 1. The molecule has 0 radical (unpaired) electrons. The van der Waals surface area contributed by atoms with E-state index in [1.807, 2.05) is 6.07 Å². The Hall–Kier alpha value is -2.51. The van der Waals surface area contributed by atoms with Crippen LogP contribution < -0.4 is 10.2 Å². The largest absolute Gasteiger partial charge is 0.505 e. The fraction of sp³-hybridized carbons (Fsp3) is 0.278. The van der Waals surface area contributed by atoms with E-state index in [-0.39, 0.29) is 21.5 Å². The van der Waals surface area contributed by atoms with Crippen LogP contribution in [-0.2, 0) is 7.05 Å². The predicted octanol–water partition coefficient (Wildman–Crippen LogP) is 3.83. The summed E-state index contributed by atoms with van der Waals surface area (Å²) < 4.78 is 1.67. The second-order valence-corrected chi connectivity index (χ2v) is 7.28. The van der Waals surface area contributed by atoms with Crippen LogP contribution in [0.4, 0.5) is 11.5 Å². The summed E-state index contributed by atoms with van der Waals surface area (Å²) in [5.74, 6) is 0.263. The molecule has 1 aliphatic heterocycles. The van der Waals surface area contributed by atoms with E-state index < -0.39 is 5.91 Å². The SMILES string of the molecule is Cn1nc(C(=O)Nc2cc(Cl)c(O)c(Cl)c2)c2cnc(N3CCCC3)cc21. The van der Waals surface area contributed by atoms with Crippen LogP contribution in [0.1, 0.15) is 23.3 Å². The van der Waals surface area contributed by atoms with Crippen molar-refractivity contribution in [2.24, 2.45) is 7.05 Å². The predicted molar refractivity (Wildman–Crippen MR) is 106 cm³/mol.